The van der Waals surface area contributed by atoms with Crippen LogP contribution >= 0.6 is 23.5 Å². The maximum Gasteiger partial charge on any atom is 0.217 e. The molecule has 7 nitrogen and oxygen atoms in total. The van der Waals surface area contributed by atoms with E-state index >= 15 is 0 Å². The lowest BCUT2D eigenvalue weighted by atomic mass is 9.86. The van der Waals surface area contributed by atoms with Crippen molar-refractivity contribution in [3.05, 3.63) is 0 Å². The molecule has 31 heavy (non-hydrogen) atoms. The zero-order chi connectivity index (χ0) is 22.5. The number of rotatable bonds is 5. The van der Waals surface area contributed by atoms with Gasteiger partial charge in [0, 0.05) is 6.92 Å². The van der Waals surface area contributed by atoms with E-state index in [1.54, 1.807) is 23.5 Å². The molecule has 1 saturated carbocycles. The fourth-order valence-electron chi connectivity index (χ4n) is 5.45. The van der Waals surface area contributed by atoms with Crippen LogP contribution in [0.4, 0.5) is 0 Å². The van der Waals surface area contributed by atoms with Gasteiger partial charge in [0.25, 0.3) is 0 Å². The van der Waals surface area contributed by atoms with Crippen LogP contribution in [-0.2, 0) is 23.7 Å². The lowest BCUT2D eigenvalue weighted by Gasteiger charge is -2.53. The van der Waals surface area contributed by atoms with Crippen LogP contribution < -0.4 is 5.32 Å². The van der Waals surface area contributed by atoms with E-state index in [1.807, 2.05) is 27.7 Å². The molecular formula is C22H37NO6S2. The standard InChI is InChI=1S/C22H37NO6S2/c1-14(24)23-18(22(30-11-8-12-31-22)21(25)9-6-7-10-21)17-16(28-20(4,5)29-17)15-13-26-19(2,3)27-15/h15-18,25H,6-13H2,1-5H3,(H,23,24)/t15-,16-,17+,18-/m1/s1. The van der Waals surface area contributed by atoms with Crippen LogP contribution in [0.1, 0.15) is 66.7 Å². The quantitative estimate of drug-likeness (QED) is 0.628. The Balaban J connectivity index is 1.73. The zero-order valence-electron chi connectivity index (χ0n) is 19.3. The molecule has 4 aliphatic rings. The average Bonchev–Trinajstić information content (AvgIpc) is 3.37. The van der Waals surface area contributed by atoms with Crippen molar-refractivity contribution in [1.29, 1.82) is 0 Å². The molecule has 2 N–H and O–H groups in total. The Kier molecular flexibility index (Phi) is 6.71. The molecule has 4 rings (SSSR count). The first-order valence-corrected chi connectivity index (χ1v) is 13.4. The number of carbonyl (C=O) groups excluding carboxylic acids is 1. The van der Waals surface area contributed by atoms with Crippen molar-refractivity contribution in [3.63, 3.8) is 0 Å². The topological polar surface area (TPSA) is 86.3 Å². The minimum Gasteiger partial charge on any atom is -0.387 e. The van der Waals surface area contributed by atoms with Crippen molar-refractivity contribution in [2.24, 2.45) is 0 Å². The number of carbonyl (C=O) groups is 1. The van der Waals surface area contributed by atoms with Gasteiger partial charge >= 0.3 is 0 Å². The van der Waals surface area contributed by atoms with Crippen molar-refractivity contribution in [2.45, 2.75) is 112 Å². The predicted molar refractivity (Wildman–Crippen MR) is 122 cm³/mol. The summed E-state index contributed by atoms with van der Waals surface area (Å²) in [5.41, 5.74) is -0.872. The van der Waals surface area contributed by atoms with Gasteiger partial charge in [-0.15, -0.1) is 23.5 Å². The molecule has 9 heteroatoms. The molecular weight excluding hydrogens is 438 g/mol. The summed E-state index contributed by atoms with van der Waals surface area (Å²) in [4.78, 5) is 12.4. The van der Waals surface area contributed by atoms with Crippen LogP contribution in [0.25, 0.3) is 0 Å². The van der Waals surface area contributed by atoms with Gasteiger partial charge in [0.2, 0.25) is 5.91 Å². The molecule has 3 saturated heterocycles. The van der Waals surface area contributed by atoms with Gasteiger partial charge in [-0.25, -0.2) is 0 Å². The molecule has 0 aromatic carbocycles. The van der Waals surface area contributed by atoms with E-state index in [2.05, 4.69) is 5.32 Å². The number of amides is 1. The van der Waals surface area contributed by atoms with Gasteiger partial charge in [0.05, 0.1) is 18.2 Å². The molecule has 3 aliphatic heterocycles. The van der Waals surface area contributed by atoms with E-state index in [4.69, 9.17) is 18.9 Å². The molecule has 178 valence electrons. The van der Waals surface area contributed by atoms with Crippen LogP contribution in [0.2, 0.25) is 0 Å². The minimum atomic E-state index is -0.872. The summed E-state index contributed by atoms with van der Waals surface area (Å²) in [6.45, 7) is 9.51. The summed E-state index contributed by atoms with van der Waals surface area (Å²) in [6.07, 6.45) is 3.36. The highest BCUT2D eigenvalue weighted by molar-refractivity contribution is 8.19. The van der Waals surface area contributed by atoms with Crippen LogP contribution in [-0.4, -0.2) is 74.7 Å². The van der Waals surface area contributed by atoms with Crippen molar-refractivity contribution in [3.8, 4) is 0 Å². The van der Waals surface area contributed by atoms with Crippen molar-refractivity contribution in [2.75, 3.05) is 18.1 Å². The Morgan fingerprint density at radius 2 is 1.65 bits per heavy atom. The number of nitrogens with one attached hydrogen (secondary N) is 1. The van der Waals surface area contributed by atoms with Gasteiger partial charge in [0.1, 0.15) is 22.4 Å². The summed E-state index contributed by atoms with van der Waals surface area (Å²) in [5.74, 6) is 0.246. The first-order valence-electron chi connectivity index (χ1n) is 11.4. The third-order valence-corrected chi connectivity index (χ3v) is 10.5. The van der Waals surface area contributed by atoms with Crippen LogP contribution in [0, 0.1) is 0 Å². The number of aliphatic hydroxyl groups is 1. The minimum absolute atomic E-state index is 0.131. The van der Waals surface area contributed by atoms with Crippen molar-refractivity contribution in [1.82, 2.24) is 5.32 Å². The highest BCUT2D eigenvalue weighted by atomic mass is 32.2. The van der Waals surface area contributed by atoms with E-state index < -0.39 is 39.5 Å². The highest BCUT2D eigenvalue weighted by Crippen LogP contribution is 2.58. The maximum absolute atomic E-state index is 12.4. The van der Waals surface area contributed by atoms with E-state index in [-0.39, 0.29) is 12.0 Å². The molecule has 1 aliphatic carbocycles. The molecule has 0 bridgehead atoms. The summed E-state index contributed by atoms with van der Waals surface area (Å²) in [5, 5.41) is 15.1. The SMILES string of the molecule is CC(=O)N[C@H]([C@H]1OC(C)(C)O[C@@H]1[C@H]1COC(C)(C)O1)C1(C2(O)CCCC2)SCCCS1. The van der Waals surface area contributed by atoms with E-state index in [0.29, 0.717) is 6.61 Å². The first-order chi connectivity index (χ1) is 14.5. The first kappa shape index (κ1) is 24.1. The third kappa shape index (κ3) is 4.66. The maximum atomic E-state index is 12.4. The number of hydrogen-bond donors (Lipinski definition) is 2. The predicted octanol–water partition coefficient (Wildman–Crippen LogP) is 3.03. The smallest absolute Gasteiger partial charge is 0.217 e. The second-order valence-corrected chi connectivity index (χ2v) is 13.0. The molecule has 0 aromatic heterocycles. The van der Waals surface area contributed by atoms with Crippen LogP contribution in [0.5, 0.6) is 0 Å². The van der Waals surface area contributed by atoms with E-state index in [9.17, 15) is 9.90 Å². The van der Waals surface area contributed by atoms with Gasteiger partial charge in [-0.3, -0.25) is 4.79 Å². The second-order valence-electron chi connectivity index (χ2n) is 10.1. The molecule has 0 spiro atoms. The van der Waals surface area contributed by atoms with Gasteiger partial charge in [-0.1, -0.05) is 12.8 Å². The van der Waals surface area contributed by atoms with Crippen molar-refractivity contribution >= 4 is 29.4 Å². The van der Waals surface area contributed by atoms with Gasteiger partial charge in [-0.2, -0.15) is 0 Å². The molecule has 4 atom stereocenters. The summed E-state index contributed by atoms with van der Waals surface area (Å²) < 4.78 is 24.2. The van der Waals surface area contributed by atoms with Crippen molar-refractivity contribution < 1.29 is 28.8 Å². The Bertz CT molecular complexity index is 675. The highest BCUT2D eigenvalue weighted by Gasteiger charge is 2.64. The summed E-state index contributed by atoms with van der Waals surface area (Å²) in [6, 6.07) is -0.428. The fraction of sp³-hybridized carbons (Fsp3) is 0.955. The van der Waals surface area contributed by atoms with Crippen LogP contribution in [0.15, 0.2) is 0 Å². The van der Waals surface area contributed by atoms with Gasteiger partial charge in [0.15, 0.2) is 11.6 Å². The summed E-state index contributed by atoms with van der Waals surface area (Å²) in [7, 11) is 0. The van der Waals surface area contributed by atoms with Gasteiger partial charge in [-0.05, 0) is 58.5 Å². The molecule has 1 amide bonds. The monoisotopic (exact) mass is 475 g/mol. The van der Waals surface area contributed by atoms with Gasteiger partial charge < -0.3 is 29.4 Å². The number of ether oxygens (including phenoxy) is 4. The summed E-state index contributed by atoms with van der Waals surface area (Å²) >= 11 is 3.56. The lowest BCUT2D eigenvalue weighted by molar-refractivity contribution is -0.175. The third-order valence-electron chi connectivity index (χ3n) is 6.66. The van der Waals surface area contributed by atoms with E-state index in [0.717, 1.165) is 43.6 Å². The Labute approximate surface area is 194 Å². The zero-order valence-corrected chi connectivity index (χ0v) is 20.9. The normalized spacial score (nSPS) is 36.9. The molecule has 0 aromatic rings. The molecule has 0 unspecified atom stereocenters. The fourth-order valence-corrected chi connectivity index (χ4v) is 9.34. The number of hydrogen-bond acceptors (Lipinski definition) is 8. The lowest BCUT2D eigenvalue weighted by Crippen LogP contribution is -2.67. The molecule has 4 fully saturated rings. The average molecular weight is 476 g/mol. The molecule has 3 heterocycles. The second kappa shape index (κ2) is 8.64. The Morgan fingerprint density at radius 1 is 1.00 bits per heavy atom. The molecule has 0 radical (unpaired) electrons. The Hall–Kier alpha value is -0.0300. The van der Waals surface area contributed by atoms with E-state index in [1.165, 1.54) is 6.92 Å². The van der Waals surface area contributed by atoms with Crippen LogP contribution in [0.3, 0.4) is 0 Å². The number of thioether (sulfide) groups is 2. The largest absolute Gasteiger partial charge is 0.387 e. The Morgan fingerprint density at radius 3 is 2.19 bits per heavy atom.